The van der Waals surface area contributed by atoms with Gasteiger partial charge in [0.15, 0.2) is 0 Å². The van der Waals surface area contributed by atoms with Crippen molar-refractivity contribution in [3.8, 4) is 5.75 Å². The first-order valence-electron chi connectivity index (χ1n) is 8.84. The first-order chi connectivity index (χ1) is 13.3. The minimum absolute atomic E-state index is 0.0659. The van der Waals surface area contributed by atoms with Gasteiger partial charge in [0.1, 0.15) is 12.4 Å². The molecule has 3 amide bonds. The monoisotopic (exact) mass is 399 g/mol. The average Bonchev–Trinajstić information content (AvgIpc) is 2.74. The fourth-order valence-corrected chi connectivity index (χ4v) is 3.06. The summed E-state index contributed by atoms with van der Waals surface area (Å²) in [5.41, 5.74) is 0.946. The number of rotatable bonds is 4. The van der Waals surface area contributed by atoms with Crippen molar-refractivity contribution in [1.29, 1.82) is 0 Å². The van der Waals surface area contributed by atoms with Gasteiger partial charge in [0.05, 0.1) is 21.8 Å². The Morgan fingerprint density at radius 1 is 1.29 bits per heavy atom. The van der Waals surface area contributed by atoms with Crippen molar-refractivity contribution in [2.24, 2.45) is 5.41 Å². The maximum Gasteiger partial charge on any atom is 0.323 e. The van der Waals surface area contributed by atoms with E-state index in [4.69, 9.17) is 16.3 Å². The predicted octanol–water partition coefficient (Wildman–Crippen LogP) is 4.92. The first-order valence-corrected chi connectivity index (χ1v) is 9.22. The number of hydrogen-bond donors (Lipinski definition) is 2. The van der Waals surface area contributed by atoms with Gasteiger partial charge < -0.3 is 20.3 Å². The van der Waals surface area contributed by atoms with Gasteiger partial charge in [0, 0.05) is 12.2 Å². The second-order valence-electron chi connectivity index (χ2n) is 7.12. The molecule has 0 bridgehead atoms. The standard InChI is InChI=1S/C21H22ClN3O3/c1-4-11-25-17-12-14(9-10-18(17)28-13-21(2,3)19(25)26)23-20(27)24-16-8-6-5-7-15(16)22/h4-10,12H,1,11,13H2,2-3H3,(H2,23,24,27). The molecule has 0 saturated carbocycles. The highest BCUT2D eigenvalue weighted by molar-refractivity contribution is 6.33. The normalized spacial score (nSPS) is 15.1. The molecule has 0 fully saturated rings. The van der Waals surface area contributed by atoms with Gasteiger partial charge in [-0.05, 0) is 44.2 Å². The van der Waals surface area contributed by atoms with E-state index in [9.17, 15) is 9.59 Å². The molecule has 28 heavy (non-hydrogen) atoms. The Morgan fingerprint density at radius 3 is 2.75 bits per heavy atom. The van der Waals surface area contributed by atoms with Crippen LogP contribution < -0.4 is 20.3 Å². The van der Waals surface area contributed by atoms with Crippen LogP contribution in [0.5, 0.6) is 5.75 Å². The van der Waals surface area contributed by atoms with Crippen molar-refractivity contribution >= 4 is 40.6 Å². The SMILES string of the molecule is C=CCN1C(=O)C(C)(C)COc2ccc(NC(=O)Nc3ccccc3Cl)cc21. The Balaban J connectivity index is 1.85. The van der Waals surface area contributed by atoms with Crippen molar-refractivity contribution in [1.82, 2.24) is 0 Å². The Bertz CT molecular complexity index is 927. The lowest BCUT2D eigenvalue weighted by atomic mass is 9.93. The molecule has 1 heterocycles. The Kier molecular flexibility index (Phi) is 5.61. The molecule has 1 aliphatic heterocycles. The van der Waals surface area contributed by atoms with E-state index < -0.39 is 11.4 Å². The molecule has 6 nitrogen and oxygen atoms in total. The minimum Gasteiger partial charge on any atom is -0.490 e. The highest BCUT2D eigenvalue weighted by atomic mass is 35.5. The maximum atomic E-state index is 12.9. The lowest BCUT2D eigenvalue weighted by Gasteiger charge is -2.27. The third kappa shape index (κ3) is 4.12. The molecule has 0 aromatic heterocycles. The van der Waals surface area contributed by atoms with E-state index in [2.05, 4.69) is 17.2 Å². The van der Waals surface area contributed by atoms with Crippen LogP contribution in [0.3, 0.4) is 0 Å². The molecule has 3 rings (SSSR count). The van der Waals surface area contributed by atoms with E-state index in [-0.39, 0.29) is 12.5 Å². The zero-order chi connectivity index (χ0) is 20.3. The van der Waals surface area contributed by atoms with Crippen molar-refractivity contribution in [3.63, 3.8) is 0 Å². The van der Waals surface area contributed by atoms with Crippen LogP contribution in [0.25, 0.3) is 0 Å². The molecule has 0 spiro atoms. The highest BCUT2D eigenvalue weighted by Gasteiger charge is 2.37. The smallest absolute Gasteiger partial charge is 0.323 e. The number of carbonyl (C=O) groups excluding carboxylic acids is 2. The van der Waals surface area contributed by atoms with Crippen LogP contribution in [0.4, 0.5) is 21.9 Å². The summed E-state index contributed by atoms with van der Waals surface area (Å²) in [5.74, 6) is 0.515. The van der Waals surface area contributed by atoms with Crippen LogP contribution >= 0.6 is 11.6 Å². The number of urea groups is 1. The predicted molar refractivity (Wildman–Crippen MR) is 112 cm³/mol. The van der Waals surface area contributed by atoms with Crippen LogP contribution in [0, 0.1) is 5.41 Å². The third-order valence-corrected chi connectivity index (χ3v) is 4.68. The molecule has 0 atom stereocenters. The molecule has 0 radical (unpaired) electrons. The molecule has 146 valence electrons. The van der Waals surface area contributed by atoms with E-state index in [0.29, 0.717) is 34.4 Å². The zero-order valence-electron chi connectivity index (χ0n) is 15.8. The van der Waals surface area contributed by atoms with Gasteiger partial charge in [-0.2, -0.15) is 0 Å². The number of anilines is 3. The summed E-state index contributed by atoms with van der Waals surface area (Å²) < 4.78 is 5.84. The molecule has 2 aromatic rings. The van der Waals surface area contributed by atoms with Gasteiger partial charge in [-0.15, -0.1) is 6.58 Å². The van der Waals surface area contributed by atoms with Crippen LogP contribution in [0.1, 0.15) is 13.8 Å². The van der Waals surface area contributed by atoms with Crippen LogP contribution in [-0.2, 0) is 4.79 Å². The Hall–Kier alpha value is -2.99. The van der Waals surface area contributed by atoms with E-state index >= 15 is 0 Å². The van der Waals surface area contributed by atoms with Crippen molar-refractivity contribution in [3.05, 3.63) is 60.1 Å². The van der Waals surface area contributed by atoms with Crippen LogP contribution in [0.2, 0.25) is 5.02 Å². The molecule has 0 saturated heterocycles. The van der Waals surface area contributed by atoms with Gasteiger partial charge in [-0.1, -0.05) is 29.8 Å². The fourth-order valence-electron chi connectivity index (χ4n) is 2.88. The van der Waals surface area contributed by atoms with Gasteiger partial charge >= 0.3 is 6.03 Å². The summed E-state index contributed by atoms with van der Waals surface area (Å²) in [5, 5.41) is 5.90. The number of nitrogens with zero attached hydrogens (tertiary/aromatic N) is 1. The molecule has 7 heteroatoms. The van der Waals surface area contributed by atoms with E-state index in [1.54, 1.807) is 53.4 Å². The molecule has 0 aliphatic carbocycles. The summed E-state index contributed by atoms with van der Waals surface area (Å²) >= 11 is 6.07. The largest absolute Gasteiger partial charge is 0.490 e. The first kappa shape index (κ1) is 19.8. The second kappa shape index (κ2) is 7.94. The summed E-state index contributed by atoms with van der Waals surface area (Å²) in [6, 6.07) is 11.7. The number of ether oxygens (including phenoxy) is 1. The second-order valence-corrected chi connectivity index (χ2v) is 7.53. The van der Waals surface area contributed by atoms with Gasteiger partial charge in [-0.3, -0.25) is 4.79 Å². The van der Waals surface area contributed by atoms with E-state index in [1.165, 1.54) is 0 Å². The van der Waals surface area contributed by atoms with E-state index in [1.807, 2.05) is 13.8 Å². The summed E-state index contributed by atoms with van der Waals surface area (Å²) in [4.78, 5) is 26.9. The van der Waals surface area contributed by atoms with Crippen molar-refractivity contribution < 1.29 is 14.3 Å². The number of para-hydroxylation sites is 1. The molecule has 2 aromatic carbocycles. The van der Waals surface area contributed by atoms with Gasteiger partial charge in [0.25, 0.3) is 0 Å². The molecule has 2 N–H and O–H groups in total. The van der Waals surface area contributed by atoms with Crippen molar-refractivity contribution in [2.45, 2.75) is 13.8 Å². The third-order valence-electron chi connectivity index (χ3n) is 4.35. The number of nitrogens with one attached hydrogen (secondary N) is 2. The van der Waals surface area contributed by atoms with E-state index in [0.717, 1.165) is 0 Å². The molecular formula is C21H22ClN3O3. The van der Waals surface area contributed by atoms with Crippen LogP contribution in [0.15, 0.2) is 55.1 Å². The number of benzene rings is 2. The number of carbonyl (C=O) groups is 2. The lowest BCUT2D eigenvalue weighted by Crippen LogP contribution is -2.42. The van der Waals surface area contributed by atoms with Gasteiger partial charge in [-0.25, -0.2) is 4.79 Å². The fraction of sp³-hybridized carbons (Fsp3) is 0.238. The molecule has 1 aliphatic rings. The Labute approximate surface area is 169 Å². The average molecular weight is 400 g/mol. The summed E-state index contributed by atoms with van der Waals surface area (Å²) in [7, 11) is 0. The summed E-state index contributed by atoms with van der Waals surface area (Å²) in [6.45, 7) is 8.03. The quantitative estimate of drug-likeness (QED) is 0.716. The number of hydrogen-bond acceptors (Lipinski definition) is 3. The highest BCUT2D eigenvalue weighted by Crippen LogP contribution is 2.38. The minimum atomic E-state index is -0.670. The maximum absolute atomic E-state index is 12.9. The number of fused-ring (bicyclic) bond motifs is 1. The van der Waals surface area contributed by atoms with Gasteiger partial charge in [0.2, 0.25) is 5.91 Å². The number of amides is 3. The molecular weight excluding hydrogens is 378 g/mol. The summed E-state index contributed by atoms with van der Waals surface area (Å²) in [6.07, 6.45) is 1.66. The molecule has 0 unspecified atom stereocenters. The van der Waals surface area contributed by atoms with Crippen LogP contribution in [-0.4, -0.2) is 25.1 Å². The topological polar surface area (TPSA) is 70.7 Å². The number of halogens is 1. The lowest BCUT2D eigenvalue weighted by molar-refractivity contribution is -0.127. The van der Waals surface area contributed by atoms with Crippen molar-refractivity contribution in [2.75, 3.05) is 28.7 Å². The Morgan fingerprint density at radius 2 is 2.04 bits per heavy atom. The zero-order valence-corrected chi connectivity index (χ0v) is 16.5.